The van der Waals surface area contributed by atoms with Gasteiger partial charge < -0.3 is 4.74 Å². The number of nitrogens with zero attached hydrogens (tertiary/aromatic N) is 1. The van der Waals surface area contributed by atoms with Crippen molar-refractivity contribution in [2.24, 2.45) is 0 Å². The van der Waals surface area contributed by atoms with Gasteiger partial charge in [-0.3, -0.25) is 4.79 Å². The van der Waals surface area contributed by atoms with Gasteiger partial charge in [-0.05, 0) is 6.42 Å². The van der Waals surface area contributed by atoms with E-state index >= 15 is 0 Å². The van der Waals surface area contributed by atoms with Crippen molar-refractivity contribution in [3.8, 4) is 0 Å². The van der Waals surface area contributed by atoms with Gasteiger partial charge in [0.15, 0.2) is 0 Å². The second-order valence-electron chi connectivity index (χ2n) is 2.66. The third-order valence-electron chi connectivity index (χ3n) is 2.00. The van der Waals surface area contributed by atoms with Gasteiger partial charge >= 0.3 is 5.97 Å². The third kappa shape index (κ3) is 1.44. The standard InChI is InChI=1S/C6H11NO4S/c1-7-5(6(8)11-2)3-4-12(7,9)10/h5H,3-4H2,1-2H3. The SMILES string of the molecule is COC(=O)C1CCS(=O)(=O)N1C. The second kappa shape index (κ2) is 3.02. The number of likely N-dealkylation sites (N-methyl/N-ethyl adjacent to an activating group) is 1. The number of methoxy groups -OCH3 is 1. The Kier molecular flexibility index (Phi) is 2.39. The van der Waals surface area contributed by atoms with Crippen molar-refractivity contribution in [1.82, 2.24) is 4.31 Å². The molecule has 0 N–H and O–H groups in total. The molecule has 1 unspecified atom stereocenters. The van der Waals surface area contributed by atoms with E-state index in [1.165, 1.54) is 14.2 Å². The lowest BCUT2D eigenvalue weighted by Crippen LogP contribution is -2.35. The van der Waals surface area contributed by atoms with Crippen molar-refractivity contribution in [2.45, 2.75) is 12.5 Å². The highest BCUT2D eigenvalue weighted by Crippen LogP contribution is 2.19. The Morgan fingerprint density at radius 2 is 2.17 bits per heavy atom. The summed E-state index contributed by atoms with van der Waals surface area (Å²) >= 11 is 0. The molecule has 0 bridgehead atoms. The predicted octanol–water partition coefficient (Wildman–Crippen LogP) is -0.807. The van der Waals surface area contributed by atoms with Crippen molar-refractivity contribution in [2.75, 3.05) is 19.9 Å². The molecule has 1 saturated heterocycles. The van der Waals surface area contributed by atoms with E-state index in [-0.39, 0.29) is 5.75 Å². The number of carbonyl (C=O) groups excluding carboxylic acids is 1. The van der Waals surface area contributed by atoms with Gasteiger partial charge in [-0.2, -0.15) is 4.31 Å². The van der Waals surface area contributed by atoms with Crippen molar-refractivity contribution < 1.29 is 17.9 Å². The third-order valence-corrected chi connectivity index (χ3v) is 3.88. The molecule has 0 aromatic heterocycles. The summed E-state index contributed by atoms with van der Waals surface area (Å²) in [6.07, 6.45) is 0.325. The van der Waals surface area contributed by atoms with Gasteiger partial charge in [0.25, 0.3) is 0 Å². The van der Waals surface area contributed by atoms with E-state index in [1.807, 2.05) is 0 Å². The molecule has 0 radical (unpaired) electrons. The van der Waals surface area contributed by atoms with Crippen LogP contribution in [0.15, 0.2) is 0 Å². The molecule has 5 nitrogen and oxygen atoms in total. The van der Waals surface area contributed by atoms with Gasteiger partial charge in [0.1, 0.15) is 6.04 Å². The van der Waals surface area contributed by atoms with Crippen LogP contribution >= 0.6 is 0 Å². The normalized spacial score (nSPS) is 28.7. The molecule has 1 rings (SSSR count). The largest absolute Gasteiger partial charge is 0.468 e. The van der Waals surface area contributed by atoms with Crippen LogP contribution in [0, 0.1) is 0 Å². The minimum absolute atomic E-state index is 0.0310. The topological polar surface area (TPSA) is 63.7 Å². The Morgan fingerprint density at radius 1 is 1.58 bits per heavy atom. The lowest BCUT2D eigenvalue weighted by Gasteiger charge is -2.14. The maximum absolute atomic E-state index is 11.1. The molecule has 0 amide bonds. The van der Waals surface area contributed by atoms with Crippen molar-refractivity contribution >= 4 is 16.0 Å². The number of ether oxygens (including phenoxy) is 1. The Bertz CT molecular complexity index is 284. The maximum atomic E-state index is 11.1. The molecule has 0 saturated carbocycles. The van der Waals surface area contributed by atoms with Crippen LogP contribution in [0.5, 0.6) is 0 Å². The van der Waals surface area contributed by atoms with Crippen LogP contribution in [0.25, 0.3) is 0 Å². The van der Waals surface area contributed by atoms with E-state index in [9.17, 15) is 13.2 Å². The van der Waals surface area contributed by atoms with Gasteiger partial charge in [0.2, 0.25) is 10.0 Å². The van der Waals surface area contributed by atoms with Gasteiger partial charge in [0, 0.05) is 7.05 Å². The molecule has 1 heterocycles. The van der Waals surface area contributed by atoms with Crippen LogP contribution < -0.4 is 0 Å². The number of sulfonamides is 1. The monoisotopic (exact) mass is 193 g/mol. The average Bonchev–Trinajstić information content (AvgIpc) is 2.27. The van der Waals surface area contributed by atoms with Crippen LogP contribution in [-0.2, 0) is 19.6 Å². The molecule has 6 heteroatoms. The Labute approximate surface area is 71.4 Å². The number of hydrogen-bond donors (Lipinski definition) is 0. The summed E-state index contributed by atoms with van der Waals surface area (Å²) in [5, 5.41) is 0. The van der Waals surface area contributed by atoms with E-state index in [0.717, 1.165) is 4.31 Å². The van der Waals surface area contributed by atoms with Crippen LogP contribution in [-0.4, -0.2) is 44.6 Å². The maximum Gasteiger partial charge on any atom is 0.324 e. The molecule has 0 aromatic rings. The molecule has 70 valence electrons. The number of hydrogen-bond acceptors (Lipinski definition) is 4. The number of rotatable bonds is 1. The van der Waals surface area contributed by atoms with Gasteiger partial charge in [-0.25, -0.2) is 8.42 Å². The van der Waals surface area contributed by atoms with Gasteiger partial charge in [-0.1, -0.05) is 0 Å². The summed E-state index contributed by atoms with van der Waals surface area (Å²) in [5.74, 6) is -0.456. The Morgan fingerprint density at radius 3 is 2.50 bits per heavy atom. The zero-order valence-electron chi connectivity index (χ0n) is 6.98. The van der Waals surface area contributed by atoms with E-state index in [1.54, 1.807) is 0 Å². The number of carbonyl (C=O) groups is 1. The van der Waals surface area contributed by atoms with Crippen LogP contribution in [0.3, 0.4) is 0 Å². The van der Waals surface area contributed by atoms with Gasteiger partial charge in [0.05, 0.1) is 12.9 Å². The summed E-state index contributed by atoms with van der Waals surface area (Å²) in [7, 11) is -0.553. The minimum Gasteiger partial charge on any atom is -0.468 e. The first-order chi connectivity index (χ1) is 5.49. The quantitative estimate of drug-likeness (QED) is 0.511. The first-order valence-electron chi connectivity index (χ1n) is 3.52. The first-order valence-corrected chi connectivity index (χ1v) is 5.13. The highest BCUT2D eigenvalue weighted by atomic mass is 32.2. The number of esters is 1. The molecule has 12 heavy (non-hydrogen) atoms. The van der Waals surface area contributed by atoms with Crippen molar-refractivity contribution in [1.29, 1.82) is 0 Å². The average molecular weight is 193 g/mol. The fourth-order valence-corrected chi connectivity index (χ4v) is 2.57. The van der Waals surface area contributed by atoms with E-state index in [2.05, 4.69) is 4.74 Å². The summed E-state index contributed by atoms with van der Waals surface area (Å²) in [6.45, 7) is 0. The van der Waals surface area contributed by atoms with E-state index < -0.39 is 22.0 Å². The molecule has 0 aliphatic carbocycles. The molecule has 0 spiro atoms. The molecule has 1 fully saturated rings. The van der Waals surface area contributed by atoms with E-state index in [0.29, 0.717) is 6.42 Å². The molecule has 1 aliphatic rings. The van der Waals surface area contributed by atoms with Crippen LogP contribution in [0.4, 0.5) is 0 Å². The molecule has 0 aromatic carbocycles. The molecule has 1 atom stereocenters. The van der Waals surface area contributed by atoms with Crippen LogP contribution in [0.1, 0.15) is 6.42 Å². The van der Waals surface area contributed by atoms with Crippen molar-refractivity contribution in [3.63, 3.8) is 0 Å². The van der Waals surface area contributed by atoms with E-state index in [4.69, 9.17) is 0 Å². The summed E-state index contributed by atoms with van der Waals surface area (Å²) in [5.41, 5.74) is 0. The highest BCUT2D eigenvalue weighted by molar-refractivity contribution is 7.89. The van der Waals surface area contributed by atoms with Crippen molar-refractivity contribution in [3.05, 3.63) is 0 Å². The lowest BCUT2D eigenvalue weighted by atomic mass is 10.2. The van der Waals surface area contributed by atoms with Gasteiger partial charge in [-0.15, -0.1) is 0 Å². The Hall–Kier alpha value is -0.620. The second-order valence-corrected chi connectivity index (χ2v) is 4.81. The summed E-state index contributed by atoms with van der Waals surface area (Å²) < 4.78 is 27.7. The molecular formula is C6H11NO4S. The summed E-state index contributed by atoms with van der Waals surface area (Å²) in [6, 6.07) is -0.625. The zero-order valence-corrected chi connectivity index (χ0v) is 7.80. The fourth-order valence-electron chi connectivity index (χ4n) is 1.18. The smallest absolute Gasteiger partial charge is 0.324 e. The Balaban J connectivity index is 2.81. The van der Waals surface area contributed by atoms with Crippen LogP contribution in [0.2, 0.25) is 0 Å². The zero-order chi connectivity index (χ0) is 9.35. The fraction of sp³-hybridized carbons (Fsp3) is 0.833. The lowest BCUT2D eigenvalue weighted by molar-refractivity contribution is -0.144. The predicted molar refractivity (Wildman–Crippen MR) is 42.0 cm³/mol. The minimum atomic E-state index is -3.20. The first kappa shape index (κ1) is 9.47. The molecular weight excluding hydrogens is 182 g/mol. The highest BCUT2D eigenvalue weighted by Gasteiger charge is 2.39. The molecule has 1 aliphatic heterocycles. The summed E-state index contributed by atoms with van der Waals surface area (Å²) in [4.78, 5) is 11.0.